The molecule has 0 aliphatic carbocycles. The highest BCUT2D eigenvalue weighted by atomic mass is 19.4. The number of rotatable bonds is 5. The van der Waals surface area contributed by atoms with Crippen molar-refractivity contribution < 1.29 is 31.4 Å². The molecule has 2 atom stereocenters. The second kappa shape index (κ2) is 5.45. The Hall–Kier alpha value is -0.470. The number of ether oxygens (including phenoxy) is 2. The van der Waals surface area contributed by atoms with Crippen LogP contribution in [0.2, 0.25) is 0 Å². The normalized spacial score (nSPS) is 24.0. The SMILES string of the molecule is NC(COCC(F)(F)C(F)(F)F)C1CCOC1. The van der Waals surface area contributed by atoms with Gasteiger partial charge in [0.1, 0.15) is 6.61 Å². The predicted molar refractivity (Wildman–Crippen MR) is 48.7 cm³/mol. The zero-order valence-electron chi connectivity index (χ0n) is 8.97. The van der Waals surface area contributed by atoms with Crippen LogP contribution in [0.5, 0.6) is 0 Å². The first-order valence-corrected chi connectivity index (χ1v) is 5.09. The lowest BCUT2D eigenvalue weighted by atomic mass is 10.0. The van der Waals surface area contributed by atoms with Gasteiger partial charge in [0, 0.05) is 18.6 Å². The lowest BCUT2D eigenvalue weighted by Gasteiger charge is -2.22. The van der Waals surface area contributed by atoms with E-state index in [0.717, 1.165) is 0 Å². The van der Waals surface area contributed by atoms with Gasteiger partial charge in [-0.25, -0.2) is 0 Å². The Morgan fingerprint density at radius 3 is 2.41 bits per heavy atom. The second-order valence-corrected chi connectivity index (χ2v) is 4.00. The van der Waals surface area contributed by atoms with Crippen LogP contribution in [0.3, 0.4) is 0 Å². The van der Waals surface area contributed by atoms with Gasteiger partial charge < -0.3 is 15.2 Å². The summed E-state index contributed by atoms with van der Waals surface area (Å²) in [5.41, 5.74) is 5.59. The summed E-state index contributed by atoms with van der Waals surface area (Å²) in [6.45, 7) is -1.12. The molecule has 0 bridgehead atoms. The van der Waals surface area contributed by atoms with E-state index in [-0.39, 0.29) is 12.5 Å². The van der Waals surface area contributed by atoms with Crippen LogP contribution in [0, 0.1) is 5.92 Å². The minimum Gasteiger partial charge on any atom is -0.381 e. The molecule has 0 radical (unpaired) electrons. The van der Waals surface area contributed by atoms with Crippen molar-refractivity contribution in [3.63, 3.8) is 0 Å². The molecule has 1 saturated heterocycles. The van der Waals surface area contributed by atoms with Gasteiger partial charge in [-0.2, -0.15) is 22.0 Å². The van der Waals surface area contributed by atoms with Crippen molar-refractivity contribution in [1.82, 2.24) is 0 Å². The van der Waals surface area contributed by atoms with Crippen molar-refractivity contribution in [3.8, 4) is 0 Å². The van der Waals surface area contributed by atoms with E-state index in [9.17, 15) is 22.0 Å². The number of hydrogen-bond donors (Lipinski definition) is 1. The van der Waals surface area contributed by atoms with E-state index in [1.54, 1.807) is 0 Å². The molecule has 1 rings (SSSR count). The van der Waals surface area contributed by atoms with Crippen LogP contribution in [0.25, 0.3) is 0 Å². The minimum absolute atomic E-state index is 0.0468. The average Bonchev–Trinajstić information content (AvgIpc) is 2.67. The van der Waals surface area contributed by atoms with E-state index in [0.29, 0.717) is 19.6 Å². The summed E-state index contributed by atoms with van der Waals surface area (Å²) in [4.78, 5) is 0. The molecule has 1 fully saturated rings. The quantitative estimate of drug-likeness (QED) is 0.766. The average molecular weight is 263 g/mol. The Morgan fingerprint density at radius 1 is 1.29 bits per heavy atom. The van der Waals surface area contributed by atoms with Crippen LogP contribution in [-0.2, 0) is 9.47 Å². The van der Waals surface area contributed by atoms with Gasteiger partial charge in [-0.3, -0.25) is 0 Å². The minimum atomic E-state index is -5.59. The molecule has 0 aromatic carbocycles. The number of hydrogen-bond acceptors (Lipinski definition) is 3. The molecule has 8 heteroatoms. The molecule has 1 aliphatic heterocycles. The maximum atomic E-state index is 12.4. The summed E-state index contributed by atoms with van der Waals surface area (Å²) < 4.78 is 69.6. The highest BCUT2D eigenvalue weighted by Gasteiger charge is 2.57. The van der Waals surface area contributed by atoms with E-state index < -0.39 is 24.7 Å². The largest absolute Gasteiger partial charge is 0.455 e. The monoisotopic (exact) mass is 263 g/mol. The molecule has 2 N–H and O–H groups in total. The molecule has 1 aliphatic rings. The van der Waals surface area contributed by atoms with E-state index >= 15 is 0 Å². The highest BCUT2D eigenvalue weighted by molar-refractivity contribution is 4.78. The van der Waals surface area contributed by atoms with Crippen molar-refractivity contribution in [3.05, 3.63) is 0 Å². The molecule has 102 valence electrons. The molecule has 0 aromatic rings. The molecule has 1 heterocycles. The summed E-state index contributed by atoms with van der Waals surface area (Å²) in [7, 11) is 0. The fourth-order valence-electron chi connectivity index (χ4n) is 1.43. The maximum Gasteiger partial charge on any atom is 0.455 e. The molecule has 2 unspecified atom stereocenters. The Morgan fingerprint density at radius 2 is 1.94 bits per heavy atom. The fourth-order valence-corrected chi connectivity index (χ4v) is 1.43. The molecular formula is C9H14F5NO2. The van der Waals surface area contributed by atoms with Crippen LogP contribution in [0.15, 0.2) is 0 Å². The fraction of sp³-hybridized carbons (Fsp3) is 1.00. The van der Waals surface area contributed by atoms with E-state index in [2.05, 4.69) is 4.74 Å². The number of alkyl halides is 5. The highest BCUT2D eigenvalue weighted by Crippen LogP contribution is 2.35. The van der Waals surface area contributed by atoms with Crippen molar-refractivity contribution in [2.45, 2.75) is 24.6 Å². The summed E-state index contributed by atoms with van der Waals surface area (Å²) in [5, 5.41) is 0. The maximum absolute atomic E-state index is 12.4. The zero-order chi connectivity index (χ0) is 13.1. The lowest BCUT2D eigenvalue weighted by molar-refractivity contribution is -0.297. The third kappa shape index (κ3) is 4.04. The van der Waals surface area contributed by atoms with Gasteiger partial charge in [0.25, 0.3) is 0 Å². The van der Waals surface area contributed by atoms with E-state index in [1.807, 2.05) is 0 Å². The molecule has 17 heavy (non-hydrogen) atoms. The smallest absolute Gasteiger partial charge is 0.381 e. The van der Waals surface area contributed by atoms with Crippen LogP contribution in [-0.4, -0.2) is 44.6 Å². The van der Waals surface area contributed by atoms with Crippen LogP contribution < -0.4 is 5.73 Å². The lowest BCUT2D eigenvalue weighted by Crippen LogP contribution is -2.43. The summed E-state index contributed by atoms with van der Waals surface area (Å²) in [6.07, 6.45) is -4.92. The van der Waals surface area contributed by atoms with E-state index in [4.69, 9.17) is 10.5 Å². The summed E-state index contributed by atoms with van der Waals surface area (Å²) in [5.74, 6) is -4.88. The summed E-state index contributed by atoms with van der Waals surface area (Å²) in [6, 6.07) is -0.582. The van der Waals surface area contributed by atoms with Crippen molar-refractivity contribution in [1.29, 1.82) is 0 Å². The summed E-state index contributed by atoms with van der Waals surface area (Å²) >= 11 is 0. The Kier molecular flexibility index (Phi) is 4.68. The Balaban J connectivity index is 2.27. The van der Waals surface area contributed by atoms with Crippen molar-refractivity contribution in [2.75, 3.05) is 26.4 Å². The van der Waals surface area contributed by atoms with Gasteiger partial charge in [0.2, 0.25) is 0 Å². The predicted octanol–water partition coefficient (Wildman–Crippen LogP) is 1.56. The molecule has 0 amide bonds. The molecular weight excluding hydrogens is 249 g/mol. The zero-order valence-corrected chi connectivity index (χ0v) is 8.97. The topological polar surface area (TPSA) is 44.5 Å². The van der Waals surface area contributed by atoms with Gasteiger partial charge in [0.15, 0.2) is 0 Å². The first-order chi connectivity index (χ1) is 7.74. The van der Waals surface area contributed by atoms with Crippen molar-refractivity contribution >= 4 is 0 Å². The first-order valence-electron chi connectivity index (χ1n) is 5.09. The van der Waals surface area contributed by atoms with Crippen LogP contribution in [0.1, 0.15) is 6.42 Å². The van der Waals surface area contributed by atoms with Crippen LogP contribution >= 0.6 is 0 Å². The molecule has 0 spiro atoms. The molecule has 0 aromatic heterocycles. The van der Waals surface area contributed by atoms with Crippen molar-refractivity contribution in [2.24, 2.45) is 11.7 Å². The number of halogens is 5. The van der Waals surface area contributed by atoms with Crippen LogP contribution in [0.4, 0.5) is 22.0 Å². The number of nitrogens with two attached hydrogens (primary N) is 1. The Labute approximate surface area is 95.0 Å². The first kappa shape index (κ1) is 14.6. The van der Waals surface area contributed by atoms with Gasteiger partial charge in [-0.15, -0.1) is 0 Å². The van der Waals surface area contributed by atoms with Gasteiger partial charge in [0.05, 0.1) is 13.2 Å². The molecule has 3 nitrogen and oxygen atoms in total. The van der Waals surface area contributed by atoms with Gasteiger partial charge in [-0.1, -0.05) is 0 Å². The van der Waals surface area contributed by atoms with E-state index in [1.165, 1.54) is 0 Å². The second-order valence-electron chi connectivity index (χ2n) is 4.00. The molecule has 0 saturated carbocycles. The third-order valence-corrected chi connectivity index (χ3v) is 2.58. The third-order valence-electron chi connectivity index (χ3n) is 2.58. The standard InChI is InChI=1S/C9H14F5NO2/c10-8(11,9(12,13)14)5-17-4-7(15)6-1-2-16-3-6/h6-7H,1-5,15H2. The van der Waals surface area contributed by atoms with Gasteiger partial charge in [-0.05, 0) is 6.42 Å². The Bertz CT molecular complexity index is 240. The van der Waals surface area contributed by atoms with Gasteiger partial charge >= 0.3 is 12.1 Å².